The Labute approximate surface area is 122 Å². The predicted octanol–water partition coefficient (Wildman–Crippen LogP) is 4.26. The summed E-state index contributed by atoms with van der Waals surface area (Å²) in [6.45, 7) is 0.543. The van der Waals surface area contributed by atoms with Crippen LogP contribution in [-0.2, 0) is 0 Å². The Balaban J connectivity index is 1.73. The van der Waals surface area contributed by atoms with E-state index in [2.05, 4.69) is 6.07 Å². The standard InChI is InChI=1S/C16H14FNOS/c17-14-6-3-7-15(11-14)20-10-4-9-19-16-8-2-1-5-13(16)12-18/h1-3,5-8,11H,4,9-10H2. The molecule has 20 heavy (non-hydrogen) atoms. The van der Waals surface area contributed by atoms with Crippen molar-refractivity contribution in [2.24, 2.45) is 0 Å². The summed E-state index contributed by atoms with van der Waals surface area (Å²) >= 11 is 1.59. The molecule has 2 rings (SSSR count). The van der Waals surface area contributed by atoms with Crippen LogP contribution in [0.25, 0.3) is 0 Å². The van der Waals surface area contributed by atoms with Gasteiger partial charge in [0.1, 0.15) is 17.6 Å². The lowest BCUT2D eigenvalue weighted by Crippen LogP contribution is -2.00. The van der Waals surface area contributed by atoms with Gasteiger partial charge >= 0.3 is 0 Å². The van der Waals surface area contributed by atoms with Gasteiger partial charge in [-0.2, -0.15) is 5.26 Å². The Bertz CT molecular complexity index is 609. The number of nitriles is 1. The smallest absolute Gasteiger partial charge is 0.137 e. The highest BCUT2D eigenvalue weighted by atomic mass is 32.2. The molecule has 0 bridgehead atoms. The number of hydrogen-bond acceptors (Lipinski definition) is 3. The molecule has 0 saturated carbocycles. The molecule has 0 aliphatic heterocycles. The quantitative estimate of drug-likeness (QED) is 0.588. The van der Waals surface area contributed by atoms with Gasteiger partial charge in [0.15, 0.2) is 0 Å². The zero-order valence-electron chi connectivity index (χ0n) is 10.9. The maximum absolute atomic E-state index is 13.0. The molecule has 0 atom stereocenters. The fourth-order valence-corrected chi connectivity index (χ4v) is 2.54. The number of rotatable bonds is 6. The molecule has 0 amide bonds. The van der Waals surface area contributed by atoms with Crippen molar-refractivity contribution in [1.82, 2.24) is 0 Å². The first-order valence-electron chi connectivity index (χ1n) is 6.30. The fraction of sp³-hybridized carbons (Fsp3) is 0.188. The van der Waals surface area contributed by atoms with Gasteiger partial charge in [0.2, 0.25) is 0 Å². The van der Waals surface area contributed by atoms with Crippen molar-refractivity contribution in [1.29, 1.82) is 5.26 Å². The highest BCUT2D eigenvalue weighted by molar-refractivity contribution is 7.99. The zero-order valence-corrected chi connectivity index (χ0v) is 11.7. The summed E-state index contributed by atoms with van der Waals surface area (Å²) < 4.78 is 18.6. The van der Waals surface area contributed by atoms with Crippen molar-refractivity contribution in [3.8, 4) is 11.8 Å². The topological polar surface area (TPSA) is 33.0 Å². The summed E-state index contributed by atoms with van der Waals surface area (Å²) in [5, 5.41) is 8.93. The second kappa shape index (κ2) is 7.56. The fourth-order valence-electron chi connectivity index (χ4n) is 1.67. The van der Waals surface area contributed by atoms with Gasteiger partial charge in [-0.1, -0.05) is 18.2 Å². The van der Waals surface area contributed by atoms with E-state index in [0.29, 0.717) is 17.9 Å². The summed E-state index contributed by atoms with van der Waals surface area (Å²) in [7, 11) is 0. The highest BCUT2D eigenvalue weighted by Gasteiger charge is 2.01. The van der Waals surface area contributed by atoms with Crippen LogP contribution in [0.15, 0.2) is 53.4 Å². The average molecular weight is 287 g/mol. The lowest BCUT2D eigenvalue weighted by Gasteiger charge is -2.07. The van der Waals surface area contributed by atoms with Crippen molar-refractivity contribution in [2.45, 2.75) is 11.3 Å². The molecule has 4 heteroatoms. The molecule has 102 valence electrons. The van der Waals surface area contributed by atoms with Crippen LogP contribution >= 0.6 is 11.8 Å². The van der Waals surface area contributed by atoms with Crippen molar-refractivity contribution in [3.05, 3.63) is 59.9 Å². The summed E-state index contributed by atoms with van der Waals surface area (Å²) in [5.41, 5.74) is 0.547. The van der Waals surface area contributed by atoms with Gasteiger partial charge in [0.05, 0.1) is 12.2 Å². The van der Waals surface area contributed by atoms with E-state index in [9.17, 15) is 4.39 Å². The number of halogens is 1. The second-order valence-corrected chi connectivity index (χ2v) is 5.28. The van der Waals surface area contributed by atoms with E-state index in [0.717, 1.165) is 17.1 Å². The molecule has 0 saturated heterocycles. The average Bonchev–Trinajstić information content (AvgIpc) is 2.47. The van der Waals surface area contributed by atoms with Gasteiger partial charge in [-0.15, -0.1) is 11.8 Å². The maximum atomic E-state index is 13.0. The zero-order chi connectivity index (χ0) is 14.2. The van der Waals surface area contributed by atoms with Crippen LogP contribution < -0.4 is 4.74 Å². The van der Waals surface area contributed by atoms with E-state index < -0.39 is 0 Å². The molecule has 0 fully saturated rings. The van der Waals surface area contributed by atoms with Crippen LogP contribution in [-0.4, -0.2) is 12.4 Å². The highest BCUT2D eigenvalue weighted by Crippen LogP contribution is 2.20. The first-order chi connectivity index (χ1) is 9.79. The Kier molecular flexibility index (Phi) is 5.45. The molecule has 0 unspecified atom stereocenters. The first-order valence-corrected chi connectivity index (χ1v) is 7.28. The summed E-state index contributed by atoms with van der Waals surface area (Å²) in [4.78, 5) is 0.919. The number of hydrogen-bond donors (Lipinski definition) is 0. The SMILES string of the molecule is N#Cc1ccccc1OCCCSc1cccc(F)c1. The van der Waals surface area contributed by atoms with Crippen LogP contribution in [0.2, 0.25) is 0 Å². The lowest BCUT2D eigenvalue weighted by atomic mass is 10.2. The van der Waals surface area contributed by atoms with Gasteiger partial charge in [-0.25, -0.2) is 4.39 Å². The Morgan fingerprint density at radius 1 is 1.15 bits per heavy atom. The van der Waals surface area contributed by atoms with Crippen molar-refractivity contribution in [3.63, 3.8) is 0 Å². The summed E-state index contributed by atoms with van der Waals surface area (Å²) in [6, 6.07) is 15.8. The number of para-hydroxylation sites is 1. The van der Waals surface area contributed by atoms with Gasteiger partial charge in [0.25, 0.3) is 0 Å². The van der Waals surface area contributed by atoms with E-state index in [4.69, 9.17) is 10.00 Å². The molecule has 0 spiro atoms. The van der Waals surface area contributed by atoms with Crippen LogP contribution in [0.5, 0.6) is 5.75 Å². The third-order valence-electron chi connectivity index (χ3n) is 2.62. The van der Waals surface area contributed by atoms with Gasteiger partial charge in [-0.3, -0.25) is 0 Å². The minimum atomic E-state index is -0.214. The molecule has 0 aliphatic rings. The maximum Gasteiger partial charge on any atom is 0.137 e. The van der Waals surface area contributed by atoms with Crippen LogP contribution in [0, 0.1) is 17.1 Å². The normalized spacial score (nSPS) is 10.0. The third-order valence-corrected chi connectivity index (χ3v) is 3.70. The molecule has 0 aliphatic carbocycles. The molecule has 0 heterocycles. The van der Waals surface area contributed by atoms with E-state index in [1.165, 1.54) is 12.1 Å². The van der Waals surface area contributed by atoms with E-state index in [1.54, 1.807) is 30.0 Å². The van der Waals surface area contributed by atoms with E-state index in [1.807, 2.05) is 18.2 Å². The summed E-state index contributed by atoms with van der Waals surface area (Å²) in [6.07, 6.45) is 0.834. The van der Waals surface area contributed by atoms with Crippen LogP contribution in [0.1, 0.15) is 12.0 Å². The molecule has 0 N–H and O–H groups in total. The molecule has 0 radical (unpaired) electrons. The van der Waals surface area contributed by atoms with E-state index >= 15 is 0 Å². The van der Waals surface area contributed by atoms with Gasteiger partial charge < -0.3 is 4.74 Å². The molecular formula is C16H14FNOS. The van der Waals surface area contributed by atoms with Crippen LogP contribution in [0.3, 0.4) is 0 Å². The Morgan fingerprint density at radius 3 is 2.80 bits per heavy atom. The molecule has 2 aromatic rings. The number of thioether (sulfide) groups is 1. The third kappa shape index (κ3) is 4.29. The molecule has 0 aromatic heterocycles. The largest absolute Gasteiger partial charge is 0.492 e. The number of ether oxygens (including phenoxy) is 1. The number of nitrogens with zero attached hydrogens (tertiary/aromatic N) is 1. The minimum Gasteiger partial charge on any atom is -0.492 e. The van der Waals surface area contributed by atoms with Gasteiger partial charge in [-0.05, 0) is 36.8 Å². The Hall–Kier alpha value is -1.99. The molecular weight excluding hydrogens is 273 g/mol. The van der Waals surface area contributed by atoms with Crippen LogP contribution in [0.4, 0.5) is 4.39 Å². The Morgan fingerprint density at radius 2 is 2.00 bits per heavy atom. The first kappa shape index (κ1) is 14.4. The summed E-state index contributed by atoms with van der Waals surface area (Å²) in [5.74, 6) is 1.25. The van der Waals surface area contributed by atoms with Gasteiger partial charge in [0, 0.05) is 10.6 Å². The van der Waals surface area contributed by atoms with Crippen molar-refractivity contribution >= 4 is 11.8 Å². The van der Waals surface area contributed by atoms with E-state index in [-0.39, 0.29) is 5.82 Å². The minimum absolute atomic E-state index is 0.214. The lowest BCUT2D eigenvalue weighted by molar-refractivity contribution is 0.318. The second-order valence-electron chi connectivity index (χ2n) is 4.12. The predicted molar refractivity (Wildman–Crippen MR) is 78.4 cm³/mol. The molecule has 2 aromatic carbocycles. The van der Waals surface area contributed by atoms with Crippen molar-refractivity contribution < 1.29 is 9.13 Å². The van der Waals surface area contributed by atoms with Crippen molar-refractivity contribution in [2.75, 3.05) is 12.4 Å². The number of benzene rings is 2. The monoisotopic (exact) mass is 287 g/mol. The molecule has 2 nitrogen and oxygen atoms in total.